The highest BCUT2D eigenvalue weighted by atomic mass is 35.5. The van der Waals surface area contributed by atoms with E-state index in [0.717, 1.165) is 42.6 Å². The maximum atomic E-state index is 15.3. The monoisotopic (exact) mass is 896 g/mol. The Labute approximate surface area is 377 Å². The summed E-state index contributed by atoms with van der Waals surface area (Å²) in [6, 6.07) is 24.1. The highest BCUT2D eigenvalue weighted by Crippen LogP contribution is 2.64. The minimum atomic E-state index is -1.50. The number of allylic oxidation sites excluding steroid dienone is 2. The second-order valence-electron chi connectivity index (χ2n) is 17.1. The minimum absolute atomic E-state index is 0.0857. The van der Waals surface area contributed by atoms with Crippen LogP contribution >= 0.6 is 22.9 Å². The summed E-state index contributed by atoms with van der Waals surface area (Å²) in [6.07, 6.45) is 5.92. The van der Waals surface area contributed by atoms with E-state index in [1.807, 2.05) is 73.7 Å². The molecule has 0 spiro atoms. The molecular formula is C50H42ClFN4O7S. The van der Waals surface area contributed by atoms with Gasteiger partial charge in [0.25, 0.3) is 0 Å². The topological polar surface area (TPSA) is 131 Å². The number of nitrogens with zero attached hydrogens (tertiary/aromatic N) is 4. The van der Waals surface area contributed by atoms with Gasteiger partial charge in [0.15, 0.2) is 11.6 Å². The first-order valence-corrected chi connectivity index (χ1v) is 22.1. The summed E-state index contributed by atoms with van der Waals surface area (Å²) < 4.78 is 28.7. The number of anilines is 2. The number of para-hydroxylation sites is 1. The van der Waals surface area contributed by atoms with Gasteiger partial charge in [-0.25, -0.2) is 9.29 Å². The molecule has 4 amide bonds. The molecule has 4 heterocycles. The smallest absolute Gasteiger partial charge is 0.242 e. The molecule has 2 aromatic heterocycles. The van der Waals surface area contributed by atoms with Gasteiger partial charge in [-0.15, -0.1) is 11.3 Å². The number of fused-ring (bicyclic) bond motifs is 5. The first-order chi connectivity index (χ1) is 30.7. The van der Waals surface area contributed by atoms with Crippen LogP contribution in [-0.4, -0.2) is 52.7 Å². The number of halogens is 2. The van der Waals surface area contributed by atoms with Crippen LogP contribution in [0.25, 0.3) is 32.8 Å². The highest BCUT2D eigenvalue weighted by molar-refractivity contribution is 7.22. The molecule has 2 aliphatic carbocycles. The van der Waals surface area contributed by atoms with Crippen LogP contribution in [0.2, 0.25) is 5.02 Å². The number of thiophene rings is 1. The van der Waals surface area contributed by atoms with E-state index >= 15 is 9.18 Å². The number of carbonyl (C=O) groups excluding carboxylic acids is 4. The van der Waals surface area contributed by atoms with Gasteiger partial charge in [-0.2, -0.15) is 5.10 Å². The van der Waals surface area contributed by atoms with Crippen LogP contribution in [0.5, 0.6) is 17.2 Å². The molecule has 6 aromatic rings. The number of rotatable bonds is 8. The van der Waals surface area contributed by atoms with Crippen molar-refractivity contribution in [3.8, 4) is 27.8 Å². The quantitative estimate of drug-likeness (QED) is 0.0908. The fourth-order valence-electron chi connectivity index (χ4n) is 10.7. The van der Waals surface area contributed by atoms with E-state index in [1.165, 1.54) is 27.0 Å². The van der Waals surface area contributed by atoms with E-state index in [2.05, 4.69) is 0 Å². The van der Waals surface area contributed by atoms with Crippen LogP contribution in [0.1, 0.15) is 47.9 Å². The van der Waals surface area contributed by atoms with E-state index in [0.29, 0.717) is 33.5 Å². The van der Waals surface area contributed by atoms with Gasteiger partial charge in [0.1, 0.15) is 23.0 Å². The Hall–Kier alpha value is -6.57. The number of carbonyl (C=O) groups is 4. The zero-order valence-electron chi connectivity index (χ0n) is 35.5. The van der Waals surface area contributed by atoms with Gasteiger partial charge < -0.3 is 14.6 Å². The van der Waals surface area contributed by atoms with Crippen molar-refractivity contribution in [2.24, 2.45) is 36.1 Å². The van der Waals surface area contributed by atoms with Gasteiger partial charge in [0.2, 0.25) is 23.6 Å². The first kappa shape index (κ1) is 41.4. The number of hydrogen-bond acceptors (Lipinski definition) is 9. The van der Waals surface area contributed by atoms with E-state index in [-0.39, 0.29) is 30.1 Å². The molecule has 0 bridgehead atoms. The Morgan fingerprint density at radius 3 is 2.44 bits per heavy atom. The molecule has 64 heavy (non-hydrogen) atoms. The number of phenols is 1. The first-order valence-electron chi connectivity index (χ1n) is 20.9. The number of methoxy groups -OCH3 is 2. The largest absolute Gasteiger partial charge is 0.505 e. The zero-order valence-corrected chi connectivity index (χ0v) is 37.0. The average molecular weight is 897 g/mol. The molecule has 2 aliphatic heterocycles. The zero-order chi connectivity index (χ0) is 44.9. The summed E-state index contributed by atoms with van der Waals surface area (Å²) in [5.41, 5.74) is 2.83. The van der Waals surface area contributed by atoms with Crippen LogP contribution in [0.15, 0.2) is 96.6 Å². The van der Waals surface area contributed by atoms with E-state index < -0.39 is 64.3 Å². The van der Waals surface area contributed by atoms with Crippen molar-refractivity contribution in [2.75, 3.05) is 24.0 Å². The van der Waals surface area contributed by atoms with Crippen LogP contribution in [0.3, 0.4) is 0 Å². The van der Waals surface area contributed by atoms with E-state index in [1.54, 1.807) is 52.5 Å². The molecule has 4 aliphatic rings. The molecule has 11 nitrogen and oxygen atoms in total. The van der Waals surface area contributed by atoms with Gasteiger partial charge in [0.05, 0.1) is 48.0 Å². The van der Waals surface area contributed by atoms with Crippen LogP contribution < -0.4 is 19.3 Å². The number of hydrogen-bond donors (Lipinski definition) is 1. The third-order valence-electron chi connectivity index (χ3n) is 13.9. The molecule has 4 aromatic carbocycles. The van der Waals surface area contributed by atoms with Gasteiger partial charge in [-0.05, 0) is 104 Å². The summed E-state index contributed by atoms with van der Waals surface area (Å²) in [4.78, 5) is 62.4. The minimum Gasteiger partial charge on any atom is -0.505 e. The lowest BCUT2D eigenvalue weighted by Gasteiger charge is -2.49. The number of ether oxygens (including phenoxy) is 2. The van der Waals surface area contributed by atoms with Crippen molar-refractivity contribution < 1.29 is 38.1 Å². The number of aromatic nitrogens is 2. The molecule has 2 saturated heterocycles. The molecular weight excluding hydrogens is 855 g/mol. The van der Waals surface area contributed by atoms with E-state index in [4.69, 9.17) is 26.2 Å². The molecule has 14 heteroatoms. The molecule has 324 valence electrons. The van der Waals surface area contributed by atoms with E-state index in [9.17, 15) is 19.5 Å². The van der Waals surface area contributed by atoms with Gasteiger partial charge >= 0.3 is 0 Å². The van der Waals surface area contributed by atoms with Crippen molar-refractivity contribution in [1.29, 1.82) is 0 Å². The van der Waals surface area contributed by atoms with Crippen molar-refractivity contribution in [3.05, 3.63) is 130 Å². The number of aryl methyl sites for hydroxylation is 2. The predicted molar refractivity (Wildman–Crippen MR) is 244 cm³/mol. The van der Waals surface area contributed by atoms with Crippen LogP contribution in [-0.2, 0) is 26.2 Å². The predicted octanol–water partition coefficient (Wildman–Crippen LogP) is 9.73. The molecule has 0 unspecified atom stereocenters. The summed E-state index contributed by atoms with van der Waals surface area (Å²) in [5.74, 6) is -5.94. The van der Waals surface area contributed by atoms with Crippen LogP contribution in [0, 0.1) is 41.8 Å². The Balaban J connectivity index is 0.999. The molecule has 0 radical (unpaired) electrons. The molecule has 3 fully saturated rings. The number of amides is 4. The summed E-state index contributed by atoms with van der Waals surface area (Å²) >= 11 is 7.86. The fourth-order valence-corrected chi connectivity index (χ4v) is 12.0. The van der Waals surface area contributed by atoms with Crippen molar-refractivity contribution in [3.63, 3.8) is 0 Å². The van der Waals surface area contributed by atoms with Gasteiger partial charge in [0, 0.05) is 39.9 Å². The van der Waals surface area contributed by atoms with Crippen LogP contribution in [0.4, 0.5) is 15.9 Å². The average Bonchev–Trinajstić information content (AvgIpc) is 3.96. The Morgan fingerprint density at radius 1 is 0.906 bits per heavy atom. The summed E-state index contributed by atoms with van der Waals surface area (Å²) in [7, 11) is 4.85. The highest BCUT2D eigenvalue weighted by Gasteiger charge is 2.68. The molecule has 10 rings (SSSR count). The normalized spacial score (nSPS) is 24.1. The molecule has 1 saturated carbocycles. The number of aromatic hydroxyl groups is 1. The van der Waals surface area contributed by atoms with Crippen molar-refractivity contribution in [1.82, 2.24) is 9.78 Å². The number of phenolic OH excluding ortho intramolecular Hbond substituents is 1. The third-order valence-corrected chi connectivity index (χ3v) is 15.4. The van der Waals surface area contributed by atoms with Crippen molar-refractivity contribution in [2.45, 2.75) is 32.6 Å². The maximum Gasteiger partial charge on any atom is 0.242 e. The standard InChI is InChI=1S/C50H42ClFN4O7S/c1-25-34-22-28(51)13-20-40(34)64-45(25)38-24-41(54(3)53-38)56-47(59)36-23-35-31(43(50(36,2)49(56)61)33-7-6-8-37(52)44(33)57)17-18-32-42(35)48(60)55(46(32)58)29-14-10-26(11-15-29)9-12-27-21-30(62-4)16-19-39(27)63-5/h6-17,19-22,24,32,35-36,42-43,57H,18,23H2,1-5H3/t32-,35+,36-,42-,43+,50+/m0/s1. The molecule has 1 N–H and O–H groups in total. The lowest BCUT2D eigenvalue weighted by atomic mass is 9.51. The summed E-state index contributed by atoms with van der Waals surface area (Å²) in [6.45, 7) is 3.67. The van der Waals surface area contributed by atoms with Gasteiger partial charge in [-0.3, -0.25) is 28.8 Å². The lowest BCUT2D eigenvalue weighted by Crippen LogP contribution is -2.49. The second-order valence-corrected chi connectivity index (χ2v) is 18.6. The lowest BCUT2D eigenvalue weighted by molar-refractivity contribution is -0.131. The fraction of sp³-hybridized carbons (Fsp3) is 0.260. The Morgan fingerprint density at radius 2 is 1.69 bits per heavy atom. The maximum absolute atomic E-state index is 15.3. The Bertz CT molecular complexity index is 3050. The molecule has 6 atom stereocenters. The third kappa shape index (κ3) is 6.15. The number of benzene rings is 4. The summed E-state index contributed by atoms with van der Waals surface area (Å²) in [5, 5.41) is 17.7. The second kappa shape index (κ2) is 15.3. The Kier molecular flexibility index (Phi) is 9.91. The SMILES string of the molecule is COc1ccc(OC)c(C=Cc2ccc(N3C(=O)[C@H]4[C@H](CC=C5[C@H]4C[C@H]4C(=O)N(c6cc(-c7sc8ccc(Cl)cc8c7C)nn6C)C(=O)[C@@]4(C)[C@H]5c4cccc(F)c4O)C3=O)cc2)c1. The van der Waals surface area contributed by atoms with Gasteiger partial charge in [-0.1, -0.05) is 59.7 Å². The number of imide groups is 2. The van der Waals surface area contributed by atoms with Crippen molar-refractivity contribution >= 4 is 80.3 Å².